The maximum atomic E-state index is 13.8. The van der Waals surface area contributed by atoms with Crippen molar-refractivity contribution in [2.75, 3.05) is 39.4 Å². The Morgan fingerprint density at radius 2 is 1.86 bits per heavy atom. The number of hydrogen-bond donors (Lipinski definition) is 1. The van der Waals surface area contributed by atoms with Gasteiger partial charge in [0.2, 0.25) is 11.8 Å². The molecule has 1 saturated carbocycles. The molecule has 3 atom stereocenters. The van der Waals surface area contributed by atoms with Gasteiger partial charge in [-0.25, -0.2) is 8.78 Å². The van der Waals surface area contributed by atoms with Gasteiger partial charge in [-0.1, -0.05) is 13.8 Å². The Balaban J connectivity index is 1.45. The van der Waals surface area contributed by atoms with Gasteiger partial charge >= 0.3 is 0 Å². The number of piperidine rings is 1. The monoisotopic (exact) mass is 540 g/mol. The molecule has 0 aromatic carbocycles. The first-order chi connectivity index (χ1) is 17.5. The lowest BCUT2D eigenvalue weighted by molar-refractivity contribution is -0.138. The number of fused-ring (bicyclic) bond motifs is 1. The lowest BCUT2D eigenvalue weighted by atomic mass is 9.80. The Morgan fingerprint density at radius 1 is 1.11 bits per heavy atom. The first-order valence-corrected chi connectivity index (χ1v) is 15.0. The number of alkyl halides is 2. The van der Waals surface area contributed by atoms with Crippen molar-refractivity contribution in [3.63, 3.8) is 0 Å². The molecule has 1 amide bonds. The first kappa shape index (κ1) is 28.9. The number of ether oxygens (including phenoxy) is 1. The molecule has 2 aliphatic heterocycles. The summed E-state index contributed by atoms with van der Waals surface area (Å²) in [5, 5.41) is 11.1. The zero-order chi connectivity index (χ0) is 26.6. The van der Waals surface area contributed by atoms with Crippen molar-refractivity contribution in [2.45, 2.75) is 90.7 Å². The molecule has 0 unspecified atom stereocenters. The molecular formula is C29H46F2N2O3S. The third kappa shape index (κ3) is 8.20. The average molecular weight is 541 g/mol. The van der Waals surface area contributed by atoms with E-state index in [0.717, 1.165) is 38.9 Å². The van der Waals surface area contributed by atoms with Crippen LogP contribution in [-0.2, 0) is 16.1 Å². The molecule has 1 aromatic rings. The maximum Gasteiger partial charge on any atom is 0.248 e. The van der Waals surface area contributed by atoms with Crippen molar-refractivity contribution >= 4 is 17.2 Å². The maximum absolute atomic E-state index is 13.8. The van der Waals surface area contributed by atoms with Crippen molar-refractivity contribution in [1.29, 1.82) is 0 Å². The molecule has 1 aliphatic carbocycles. The Kier molecular flexibility index (Phi) is 9.68. The van der Waals surface area contributed by atoms with E-state index in [1.165, 1.54) is 9.75 Å². The second-order valence-corrected chi connectivity index (χ2v) is 13.9. The number of carbonyl (C=O) groups excluding carboxylic acids is 1. The molecule has 0 radical (unpaired) electrons. The minimum atomic E-state index is -2.58. The number of rotatable bonds is 4. The van der Waals surface area contributed by atoms with E-state index in [0.29, 0.717) is 50.9 Å². The van der Waals surface area contributed by atoms with Crippen LogP contribution in [0.3, 0.4) is 0 Å². The molecule has 3 heterocycles. The Labute approximate surface area is 225 Å². The fraction of sp³-hybridized carbons (Fsp3) is 0.828. The van der Waals surface area contributed by atoms with Gasteiger partial charge in [0, 0.05) is 67.2 Å². The number of aliphatic hydroxyl groups is 1. The smallest absolute Gasteiger partial charge is 0.248 e. The van der Waals surface area contributed by atoms with Crippen LogP contribution in [0.2, 0.25) is 0 Å². The number of amides is 1. The highest BCUT2D eigenvalue weighted by molar-refractivity contribution is 7.11. The van der Waals surface area contributed by atoms with Gasteiger partial charge in [0.25, 0.3) is 0 Å². The molecule has 3 fully saturated rings. The van der Waals surface area contributed by atoms with Crippen LogP contribution in [-0.4, -0.2) is 72.2 Å². The number of carbonyl (C=O) groups is 1. The van der Waals surface area contributed by atoms with E-state index in [1.54, 1.807) is 4.90 Å². The van der Waals surface area contributed by atoms with E-state index in [1.807, 2.05) is 25.2 Å². The summed E-state index contributed by atoms with van der Waals surface area (Å²) >= 11 is 1.86. The summed E-state index contributed by atoms with van der Waals surface area (Å²) in [6.45, 7) is 10.8. The average Bonchev–Trinajstić information content (AvgIpc) is 3.24. The van der Waals surface area contributed by atoms with Crippen molar-refractivity contribution in [3.8, 4) is 0 Å². The number of β-amino-alcohol motifs (C(OH)–C–C–N with tert-alkyl or cyclic N) is 1. The first-order valence-electron chi connectivity index (χ1n) is 14.2. The molecule has 210 valence electrons. The zero-order valence-electron chi connectivity index (χ0n) is 22.9. The predicted octanol–water partition coefficient (Wildman–Crippen LogP) is 5.74. The Morgan fingerprint density at radius 3 is 2.57 bits per heavy atom. The van der Waals surface area contributed by atoms with Gasteiger partial charge in [0.05, 0.1) is 12.7 Å². The number of likely N-dealkylation sites (tertiary alicyclic amines) is 1. The molecule has 1 aromatic heterocycles. The highest BCUT2D eigenvalue weighted by atomic mass is 32.1. The summed E-state index contributed by atoms with van der Waals surface area (Å²) < 4.78 is 33.5. The summed E-state index contributed by atoms with van der Waals surface area (Å²) in [7, 11) is 0. The van der Waals surface area contributed by atoms with E-state index < -0.39 is 17.4 Å². The number of thiophene rings is 1. The molecule has 4 rings (SSSR count). The third-order valence-electron chi connectivity index (χ3n) is 8.89. The number of aliphatic hydroxyl groups excluding tert-OH is 1. The lowest BCUT2D eigenvalue weighted by Crippen LogP contribution is -2.48. The van der Waals surface area contributed by atoms with Crippen LogP contribution in [0.4, 0.5) is 8.78 Å². The predicted molar refractivity (Wildman–Crippen MR) is 144 cm³/mol. The van der Waals surface area contributed by atoms with Gasteiger partial charge in [-0.3, -0.25) is 9.69 Å². The molecule has 2 saturated heterocycles. The van der Waals surface area contributed by atoms with Crippen molar-refractivity contribution in [1.82, 2.24) is 9.80 Å². The minimum Gasteiger partial charge on any atom is -0.391 e. The number of hydrogen-bond acceptors (Lipinski definition) is 5. The minimum absolute atomic E-state index is 0.0673. The normalized spacial score (nSPS) is 30.7. The number of halogens is 2. The topological polar surface area (TPSA) is 53.0 Å². The van der Waals surface area contributed by atoms with E-state index in [-0.39, 0.29) is 31.2 Å². The molecule has 3 aliphatic rings. The van der Waals surface area contributed by atoms with Gasteiger partial charge in [0.15, 0.2) is 0 Å². The fourth-order valence-corrected chi connectivity index (χ4v) is 7.18. The Hall–Kier alpha value is -1.09. The van der Waals surface area contributed by atoms with Gasteiger partial charge in [-0.15, -0.1) is 11.3 Å². The molecular weight excluding hydrogens is 494 g/mol. The summed E-state index contributed by atoms with van der Waals surface area (Å²) in [5.41, 5.74) is -0.491. The highest BCUT2D eigenvalue weighted by Crippen LogP contribution is 2.37. The molecule has 0 spiro atoms. The van der Waals surface area contributed by atoms with Crippen molar-refractivity contribution in [3.05, 3.63) is 21.9 Å². The van der Waals surface area contributed by atoms with E-state index in [2.05, 4.69) is 24.0 Å². The second-order valence-electron chi connectivity index (χ2n) is 12.6. The van der Waals surface area contributed by atoms with Crippen LogP contribution in [0.25, 0.3) is 0 Å². The molecule has 0 bridgehead atoms. The zero-order valence-corrected chi connectivity index (χ0v) is 23.7. The summed E-state index contributed by atoms with van der Waals surface area (Å²) in [4.78, 5) is 20.8. The SMILES string of the molecule is Cc1ccc(CN2CC[C@H]3CC(=O)N(CC4CCC(F)(F)CC4)C[C@H](O)C(C)(C)COCCC[C@H]3C2)s1. The van der Waals surface area contributed by atoms with Crippen molar-refractivity contribution in [2.24, 2.45) is 23.2 Å². The molecule has 5 nitrogen and oxygen atoms in total. The van der Waals surface area contributed by atoms with Crippen molar-refractivity contribution < 1.29 is 23.4 Å². The Bertz CT molecular complexity index is 882. The summed E-state index contributed by atoms with van der Waals surface area (Å²) in [6.07, 6.45) is 3.37. The van der Waals surface area contributed by atoms with Crippen LogP contribution < -0.4 is 0 Å². The number of aryl methyl sites for hydroxylation is 1. The van der Waals surface area contributed by atoms with Gasteiger partial charge in [0.1, 0.15) is 0 Å². The van der Waals surface area contributed by atoms with Gasteiger partial charge in [-0.05, 0) is 75.5 Å². The second kappa shape index (κ2) is 12.4. The molecule has 8 heteroatoms. The van der Waals surface area contributed by atoms with Crippen LogP contribution in [0, 0.1) is 30.1 Å². The van der Waals surface area contributed by atoms with E-state index in [9.17, 15) is 18.7 Å². The lowest BCUT2D eigenvalue weighted by Gasteiger charge is -2.40. The van der Waals surface area contributed by atoms with Crippen LogP contribution >= 0.6 is 11.3 Å². The third-order valence-corrected chi connectivity index (χ3v) is 9.87. The quantitative estimate of drug-likeness (QED) is 0.530. The van der Waals surface area contributed by atoms with E-state index >= 15 is 0 Å². The number of nitrogens with zero attached hydrogens (tertiary/aromatic N) is 2. The standard InChI is InChI=1S/C29H46F2N2O3S/c1-21-6-7-25(37-21)18-32-13-10-23-15-27(35)33(16-22-8-11-29(30,31)12-9-22)19-26(34)28(2,3)20-36-14-4-5-24(23)17-32/h6-7,22-24,26,34H,4-5,8-20H2,1-3H3/t23-,24-,26-/m0/s1. The summed E-state index contributed by atoms with van der Waals surface area (Å²) in [5.74, 6) is -1.71. The highest BCUT2D eigenvalue weighted by Gasteiger charge is 2.39. The largest absolute Gasteiger partial charge is 0.391 e. The van der Waals surface area contributed by atoms with Gasteiger partial charge in [-0.2, -0.15) is 0 Å². The molecule has 1 N–H and O–H groups in total. The fourth-order valence-electron chi connectivity index (χ4n) is 6.25. The summed E-state index contributed by atoms with van der Waals surface area (Å²) in [6, 6.07) is 4.40. The van der Waals surface area contributed by atoms with Crippen LogP contribution in [0.5, 0.6) is 0 Å². The van der Waals surface area contributed by atoms with E-state index in [4.69, 9.17) is 4.74 Å². The molecule has 37 heavy (non-hydrogen) atoms. The van der Waals surface area contributed by atoms with Crippen LogP contribution in [0.1, 0.15) is 75.0 Å². The van der Waals surface area contributed by atoms with Gasteiger partial charge < -0.3 is 14.7 Å². The van der Waals surface area contributed by atoms with Crippen LogP contribution in [0.15, 0.2) is 12.1 Å².